The molecule has 14 heteroatoms. The fourth-order valence-corrected chi connectivity index (χ4v) is 7.41. The maximum Gasteiger partial charge on any atom is 0.220 e. The molecule has 368 valence electrons. The van der Waals surface area contributed by atoms with Crippen molar-refractivity contribution < 1.29 is 64.6 Å². The molecule has 1 amide bonds. The predicted octanol–water partition coefficient (Wildman–Crippen LogP) is 5.65. The summed E-state index contributed by atoms with van der Waals surface area (Å²) in [6.45, 7) is 2.56. The first kappa shape index (κ1) is 57.6. The zero-order valence-corrected chi connectivity index (χ0v) is 38.7. The molecule has 12 unspecified atom stereocenters. The highest BCUT2D eigenvalue weighted by Crippen LogP contribution is 2.30. The second-order valence-electron chi connectivity index (χ2n) is 16.8. The molecule has 64 heavy (non-hydrogen) atoms. The number of carbonyl (C=O) groups is 1. The van der Waals surface area contributed by atoms with Crippen molar-refractivity contribution in [3.8, 4) is 0 Å². The van der Waals surface area contributed by atoms with Gasteiger partial charge in [-0.1, -0.05) is 138 Å². The highest BCUT2D eigenvalue weighted by Gasteiger charge is 2.51. The third kappa shape index (κ3) is 23.7. The lowest BCUT2D eigenvalue weighted by atomic mass is 9.97. The molecule has 2 fully saturated rings. The van der Waals surface area contributed by atoms with Gasteiger partial charge in [0.25, 0.3) is 0 Å². The maximum atomic E-state index is 13.1. The van der Waals surface area contributed by atoms with E-state index in [1.54, 1.807) is 6.08 Å². The fourth-order valence-electron chi connectivity index (χ4n) is 7.41. The molecule has 9 N–H and O–H groups in total. The number of aliphatic hydroxyl groups is 8. The number of amides is 1. The van der Waals surface area contributed by atoms with Gasteiger partial charge in [-0.15, -0.1) is 0 Å². The number of unbranched alkanes of at least 4 members (excludes halogenated alkanes) is 12. The van der Waals surface area contributed by atoms with Gasteiger partial charge in [-0.25, -0.2) is 0 Å². The quantitative estimate of drug-likeness (QED) is 0.0277. The summed E-state index contributed by atoms with van der Waals surface area (Å²) in [6, 6.07) is -0.936. The van der Waals surface area contributed by atoms with Gasteiger partial charge in [0, 0.05) is 6.42 Å². The van der Waals surface area contributed by atoms with Gasteiger partial charge in [0.05, 0.1) is 32.0 Å². The lowest BCUT2D eigenvalue weighted by Gasteiger charge is -2.46. The Morgan fingerprint density at radius 1 is 0.578 bits per heavy atom. The molecule has 2 aliphatic rings. The van der Waals surface area contributed by atoms with Crippen LogP contribution in [-0.2, 0) is 23.7 Å². The average Bonchev–Trinajstić information content (AvgIpc) is 3.29. The molecular formula is C50H85NO13. The van der Waals surface area contributed by atoms with Crippen LogP contribution in [0.4, 0.5) is 0 Å². The predicted molar refractivity (Wildman–Crippen MR) is 249 cm³/mol. The van der Waals surface area contributed by atoms with Crippen molar-refractivity contribution in [2.45, 2.75) is 216 Å². The topological polar surface area (TPSA) is 228 Å². The SMILES string of the molecule is CC/C=C\C/C=C\C/C=C\C/C=C\CCCCCCCCCCC(=O)NC(COC1OC(CO)C(OC2OC(CO)C(O)C(O)C2O)C(O)C1O)C(O)/C=C/CC/C=C/CCCCC. The molecule has 0 aromatic heterocycles. The summed E-state index contributed by atoms with van der Waals surface area (Å²) in [5.41, 5.74) is 0. The van der Waals surface area contributed by atoms with Crippen molar-refractivity contribution in [1.29, 1.82) is 0 Å². The van der Waals surface area contributed by atoms with Gasteiger partial charge in [-0.05, 0) is 70.6 Å². The Kier molecular flexibility index (Phi) is 32.9. The summed E-state index contributed by atoms with van der Waals surface area (Å²) in [7, 11) is 0. The molecule has 12 atom stereocenters. The zero-order valence-electron chi connectivity index (χ0n) is 38.7. The molecule has 0 aliphatic carbocycles. The van der Waals surface area contributed by atoms with Crippen LogP contribution in [0.5, 0.6) is 0 Å². The smallest absolute Gasteiger partial charge is 0.220 e. The first-order valence-corrected chi connectivity index (χ1v) is 24.2. The van der Waals surface area contributed by atoms with Crippen molar-refractivity contribution in [3.63, 3.8) is 0 Å². The summed E-state index contributed by atoms with van der Waals surface area (Å²) in [5.74, 6) is -0.265. The van der Waals surface area contributed by atoms with E-state index < -0.39 is 86.8 Å². The molecule has 0 bridgehead atoms. The molecule has 0 saturated carbocycles. The normalized spacial score (nSPS) is 27.9. The first-order valence-electron chi connectivity index (χ1n) is 24.2. The van der Waals surface area contributed by atoms with Crippen LogP contribution < -0.4 is 5.32 Å². The van der Waals surface area contributed by atoms with Crippen molar-refractivity contribution in [3.05, 3.63) is 72.9 Å². The molecule has 0 aromatic rings. The van der Waals surface area contributed by atoms with Crippen molar-refractivity contribution in [2.75, 3.05) is 19.8 Å². The van der Waals surface area contributed by atoms with E-state index in [0.29, 0.717) is 12.8 Å². The summed E-state index contributed by atoms with van der Waals surface area (Å²) in [5, 5.41) is 86.4. The monoisotopic (exact) mass is 908 g/mol. The largest absolute Gasteiger partial charge is 0.394 e. The average molecular weight is 908 g/mol. The molecule has 0 aromatic carbocycles. The number of hydrogen-bond donors (Lipinski definition) is 9. The van der Waals surface area contributed by atoms with E-state index >= 15 is 0 Å². The lowest BCUT2D eigenvalue weighted by Crippen LogP contribution is -2.65. The minimum atomic E-state index is -1.79. The second-order valence-corrected chi connectivity index (χ2v) is 16.8. The molecule has 2 rings (SSSR count). The first-order chi connectivity index (χ1) is 31.1. The van der Waals surface area contributed by atoms with Gasteiger partial charge in [0.2, 0.25) is 5.91 Å². The van der Waals surface area contributed by atoms with E-state index in [4.69, 9.17) is 18.9 Å². The molecular weight excluding hydrogens is 823 g/mol. The Labute approximate surface area is 383 Å². The molecule has 2 aliphatic heterocycles. The van der Waals surface area contributed by atoms with E-state index in [9.17, 15) is 45.6 Å². The zero-order chi connectivity index (χ0) is 46.8. The van der Waals surface area contributed by atoms with E-state index in [0.717, 1.165) is 77.0 Å². The van der Waals surface area contributed by atoms with E-state index in [1.807, 2.05) is 6.08 Å². The highest BCUT2D eigenvalue weighted by atomic mass is 16.7. The van der Waals surface area contributed by atoms with Gasteiger partial charge in [-0.2, -0.15) is 0 Å². The molecule has 0 radical (unpaired) electrons. The number of aliphatic hydroxyl groups excluding tert-OH is 8. The van der Waals surface area contributed by atoms with Crippen LogP contribution in [0.15, 0.2) is 72.9 Å². The number of ether oxygens (including phenoxy) is 4. The van der Waals surface area contributed by atoms with E-state index in [-0.39, 0.29) is 18.9 Å². The maximum absolute atomic E-state index is 13.1. The number of hydrogen-bond acceptors (Lipinski definition) is 13. The molecule has 14 nitrogen and oxygen atoms in total. The Morgan fingerprint density at radius 3 is 1.72 bits per heavy atom. The summed E-state index contributed by atoms with van der Waals surface area (Å²) >= 11 is 0. The summed E-state index contributed by atoms with van der Waals surface area (Å²) in [4.78, 5) is 13.1. The third-order valence-corrected chi connectivity index (χ3v) is 11.4. The molecule has 2 heterocycles. The summed E-state index contributed by atoms with van der Waals surface area (Å²) in [6.07, 6.45) is 28.2. The van der Waals surface area contributed by atoms with Crippen molar-refractivity contribution >= 4 is 5.91 Å². The van der Waals surface area contributed by atoms with Crippen LogP contribution >= 0.6 is 0 Å². The van der Waals surface area contributed by atoms with Crippen LogP contribution in [0.25, 0.3) is 0 Å². The van der Waals surface area contributed by atoms with Crippen molar-refractivity contribution in [1.82, 2.24) is 5.32 Å². The number of nitrogens with one attached hydrogen (secondary N) is 1. The van der Waals surface area contributed by atoms with Crippen LogP contribution in [0, 0.1) is 0 Å². The highest BCUT2D eigenvalue weighted by molar-refractivity contribution is 5.76. The van der Waals surface area contributed by atoms with E-state index in [2.05, 4.69) is 79.9 Å². The minimum absolute atomic E-state index is 0.259. The Bertz CT molecular complexity index is 1350. The number of carbonyl (C=O) groups excluding carboxylic acids is 1. The summed E-state index contributed by atoms with van der Waals surface area (Å²) < 4.78 is 22.6. The van der Waals surface area contributed by atoms with Crippen molar-refractivity contribution in [2.24, 2.45) is 0 Å². The standard InChI is InChI=1S/C50H85NO13/c1-3-5-7-9-11-13-14-15-16-17-18-19-20-21-22-23-24-26-28-30-32-34-42(55)51-38(39(54)33-31-29-27-25-12-10-8-6-4-2)37-61-49-47(60)45(58)48(41(36-53)63-49)64-50-46(59)44(57)43(56)40(35-52)62-50/h5,7,11-13,15-16,18-19,25,31,33,38-41,43-50,52-54,56-60H,3-4,6,8-10,14,17,20-24,26-30,32,34-37H2,1-2H3,(H,51,55)/b7-5-,13-11-,16-15-,19-18-,25-12+,33-31+. The Hall–Kier alpha value is -2.57. The second kappa shape index (κ2) is 36.5. The minimum Gasteiger partial charge on any atom is -0.394 e. The van der Waals surface area contributed by atoms with Gasteiger partial charge < -0.3 is 65.1 Å². The Balaban J connectivity index is 1.81. The Morgan fingerprint density at radius 2 is 1.09 bits per heavy atom. The van der Waals surface area contributed by atoms with Crippen LogP contribution in [0.1, 0.15) is 142 Å². The van der Waals surface area contributed by atoms with Gasteiger partial charge in [-0.3, -0.25) is 4.79 Å². The number of rotatable bonds is 35. The number of allylic oxidation sites excluding steroid dienone is 11. The van der Waals surface area contributed by atoms with Gasteiger partial charge >= 0.3 is 0 Å². The van der Waals surface area contributed by atoms with Crippen LogP contribution in [0.3, 0.4) is 0 Å². The van der Waals surface area contributed by atoms with Crippen LogP contribution in [-0.4, -0.2) is 140 Å². The third-order valence-electron chi connectivity index (χ3n) is 11.4. The van der Waals surface area contributed by atoms with Gasteiger partial charge in [0.1, 0.15) is 48.8 Å². The van der Waals surface area contributed by atoms with Gasteiger partial charge in [0.15, 0.2) is 12.6 Å². The molecule has 2 saturated heterocycles. The van der Waals surface area contributed by atoms with E-state index in [1.165, 1.54) is 32.1 Å². The molecule has 0 spiro atoms. The lowest BCUT2D eigenvalue weighted by molar-refractivity contribution is -0.359. The fraction of sp³-hybridized carbons (Fsp3) is 0.740. The van der Waals surface area contributed by atoms with Crippen LogP contribution in [0.2, 0.25) is 0 Å².